The molecule has 0 aliphatic heterocycles. The monoisotopic (exact) mass is 235 g/mol. The van der Waals surface area contributed by atoms with Gasteiger partial charge in [-0.3, -0.25) is 10.1 Å². The SMILES string of the molecule is O=[N+]([O-])[C@@H]1CCCC[C@@H]1OCc1ccccc1. The van der Waals surface area contributed by atoms with Gasteiger partial charge in [0.2, 0.25) is 6.04 Å². The Bertz CT molecular complexity index is 366. The lowest BCUT2D eigenvalue weighted by atomic mass is 9.93. The van der Waals surface area contributed by atoms with E-state index >= 15 is 0 Å². The molecule has 1 fully saturated rings. The summed E-state index contributed by atoms with van der Waals surface area (Å²) in [5.74, 6) is 0. The normalized spacial score (nSPS) is 24.5. The highest BCUT2D eigenvalue weighted by molar-refractivity contribution is 5.13. The van der Waals surface area contributed by atoms with Crippen molar-refractivity contribution in [3.63, 3.8) is 0 Å². The van der Waals surface area contributed by atoms with Crippen LogP contribution in [-0.4, -0.2) is 17.1 Å². The van der Waals surface area contributed by atoms with Crippen molar-refractivity contribution < 1.29 is 9.66 Å². The third-order valence-corrected chi connectivity index (χ3v) is 3.25. The van der Waals surface area contributed by atoms with Gasteiger partial charge in [0.05, 0.1) is 6.61 Å². The fraction of sp³-hybridized carbons (Fsp3) is 0.538. The van der Waals surface area contributed by atoms with E-state index in [4.69, 9.17) is 4.74 Å². The number of hydrogen-bond acceptors (Lipinski definition) is 3. The number of benzene rings is 1. The quantitative estimate of drug-likeness (QED) is 0.595. The van der Waals surface area contributed by atoms with Crippen molar-refractivity contribution in [3.05, 3.63) is 46.0 Å². The van der Waals surface area contributed by atoms with Gasteiger partial charge < -0.3 is 4.74 Å². The third kappa shape index (κ3) is 3.27. The zero-order chi connectivity index (χ0) is 12.1. The maximum Gasteiger partial charge on any atom is 0.238 e. The molecule has 0 spiro atoms. The lowest BCUT2D eigenvalue weighted by Gasteiger charge is -2.25. The van der Waals surface area contributed by atoms with Crippen LogP contribution in [0.3, 0.4) is 0 Å². The van der Waals surface area contributed by atoms with Crippen LogP contribution in [0.5, 0.6) is 0 Å². The number of nitro groups is 1. The molecule has 1 aromatic rings. The second-order valence-corrected chi connectivity index (χ2v) is 4.47. The summed E-state index contributed by atoms with van der Waals surface area (Å²) < 4.78 is 5.70. The molecule has 1 saturated carbocycles. The van der Waals surface area contributed by atoms with Crippen molar-refractivity contribution in [2.24, 2.45) is 0 Å². The van der Waals surface area contributed by atoms with E-state index in [0.29, 0.717) is 13.0 Å². The Balaban J connectivity index is 1.90. The molecule has 1 aliphatic rings. The first kappa shape index (κ1) is 12.0. The summed E-state index contributed by atoms with van der Waals surface area (Å²) in [5, 5.41) is 10.9. The highest BCUT2D eigenvalue weighted by Gasteiger charge is 2.34. The molecular formula is C13H17NO3. The van der Waals surface area contributed by atoms with Crippen LogP contribution in [0.4, 0.5) is 0 Å². The highest BCUT2D eigenvalue weighted by atomic mass is 16.6. The van der Waals surface area contributed by atoms with Crippen molar-refractivity contribution in [2.75, 3.05) is 0 Å². The van der Waals surface area contributed by atoms with Crippen molar-refractivity contribution >= 4 is 0 Å². The Labute approximate surface area is 101 Å². The van der Waals surface area contributed by atoms with Crippen LogP contribution in [-0.2, 0) is 11.3 Å². The van der Waals surface area contributed by atoms with Gasteiger partial charge in [0.25, 0.3) is 0 Å². The lowest BCUT2D eigenvalue weighted by molar-refractivity contribution is -0.539. The molecule has 0 unspecified atom stereocenters. The summed E-state index contributed by atoms with van der Waals surface area (Å²) in [5.41, 5.74) is 1.07. The first-order chi connectivity index (χ1) is 8.27. The molecule has 0 N–H and O–H groups in total. The number of ether oxygens (including phenoxy) is 1. The molecule has 0 saturated heterocycles. The fourth-order valence-corrected chi connectivity index (χ4v) is 2.29. The largest absolute Gasteiger partial charge is 0.366 e. The Morgan fingerprint density at radius 3 is 2.65 bits per heavy atom. The first-order valence-corrected chi connectivity index (χ1v) is 6.06. The van der Waals surface area contributed by atoms with Gasteiger partial charge in [-0.1, -0.05) is 36.8 Å². The van der Waals surface area contributed by atoms with Crippen LogP contribution in [0.15, 0.2) is 30.3 Å². The summed E-state index contributed by atoms with van der Waals surface area (Å²) in [6.07, 6.45) is 3.20. The van der Waals surface area contributed by atoms with E-state index in [1.165, 1.54) is 0 Å². The van der Waals surface area contributed by atoms with Crippen molar-refractivity contribution in [2.45, 2.75) is 44.4 Å². The summed E-state index contributed by atoms with van der Waals surface area (Å²) in [6.45, 7) is 0.468. The van der Waals surface area contributed by atoms with Gasteiger partial charge in [-0.05, 0) is 18.4 Å². The molecule has 1 aromatic carbocycles. The maximum atomic E-state index is 10.9. The molecule has 2 atom stereocenters. The zero-order valence-corrected chi connectivity index (χ0v) is 9.75. The predicted octanol–water partition coefficient (Wildman–Crippen LogP) is 2.79. The number of rotatable bonds is 4. The van der Waals surface area contributed by atoms with Gasteiger partial charge in [-0.25, -0.2) is 0 Å². The van der Waals surface area contributed by atoms with Crippen LogP contribution in [0.1, 0.15) is 31.2 Å². The average molecular weight is 235 g/mol. The van der Waals surface area contributed by atoms with Crippen molar-refractivity contribution in [1.82, 2.24) is 0 Å². The molecule has 0 heterocycles. The van der Waals surface area contributed by atoms with Crippen molar-refractivity contribution in [3.8, 4) is 0 Å². The Hall–Kier alpha value is -1.42. The molecular weight excluding hydrogens is 218 g/mol. The minimum Gasteiger partial charge on any atom is -0.366 e. The lowest BCUT2D eigenvalue weighted by Crippen LogP contribution is -2.38. The van der Waals surface area contributed by atoms with Crippen LogP contribution < -0.4 is 0 Å². The van der Waals surface area contributed by atoms with Gasteiger partial charge in [0.1, 0.15) is 6.10 Å². The highest BCUT2D eigenvalue weighted by Crippen LogP contribution is 2.24. The van der Waals surface area contributed by atoms with Crippen LogP contribution >= 0.6 is 0 Å². The zero-order valence-electron chi connectivity index (χ0n) is 9.75. The van der Waals surface area contributed by atoms with Gasteiger partial charge in [-0.2, -0.15) is 0 Å². The number of hydrogen-bond donors (Lipinski definition) is 0. The maximum absolute atomic E-state index is 10.9. The molecule has 1 aliphatic carbocycles. The summed E-state index contributed by atoms with van der Waals surface area (Å²) in [6, 6.07) is 9.28. The fourth-order valence-electron chi connectivity index (χ4n) is 2.29. The van der Waals surface area contributed by atoms with E-state index in [-0.39, 0.29) is 11.0 Å². The van der Waals surface area contributed by atoms with Crippen LogP contribution in [0.25, 0.3) is 0 Å². The third-order valence-electron chi connectivity index (χ3n) is 3.25. The van der Waals surface area contributed by atoms with E-state index in [2.05, 4.69) is 0 Å². The van der Waals surface area contributed by atoms with Gasteiger partial charge in [-0.15, -0.1) is 0 Å². The molecule has 0 aromatic heterocycles. The minimum atomic E-state index is -0.521. The molecule has 2 rings (SSSR count). The number of nitrogens with zero attached hydrogens (tertiary/aromatic N) is 1. The van der Waals surface area contributed by atoms with Gasteiger partial charge in [0.15, 0.2) is 0 Å². The smallest absolute Gasteiger partial charge is 0.238 e. The molecule has 0 radical (unpaired) electrons. The molecule has 0 amide bonds. The molecule has 4 heteroatoms. The molecule has 0 bridgehead atoms. The second-order valence-electron chi connectivity index (χ2n) is 4.47. The first-order valence-electron chi connectivity index (χ1n) is 6.06. The Morgan fingerprint density at radius 2 is 1.94 bits per heavy atom. The van der Waals surface area contributed by atoms with E-state index in [9.17, 15) is 10.1 Å². The molecule has 92 valence electrons. The second kappa shape index (κ2) is 5.77. The van der Waals surface area contributed by atoms with E-state index in [1.807, 2.05) is 30.3 Å². The summed E-state index contributed by atoms with van der Waals surface area (Å²) in [4.78, 5) is 10.7. The summed E-state index contributed by atoms with van der Waals surface area (Å²) >= 11 is 0. The van der Waals surface area contributed by atoms with E-state index in [1.54, 1.807) is 0 Å². The van der Waals surface area contributed by atoms with E-state index in [0.717, 1.165) is 24.8 Å². The van der Waals surface area contributed by atoms with Crippen LogP contribution in [0.2, 0.25) is 0 Å². The Morgan fingerprint density at radius 1 is 1.24 bits per heavy atom. The standard InChI is InChI=1S/C13H17NO3/c15-14(16)12-8-4-5-9-13(12)17-10-11-6-2-1-3-7-11/h1-3,6-7,12-13H,4-5,8-10H2/t12-,13+/m1/s1. The molecule has 4 nitrogen and oxygen atoms in total. The molecule has 17 heavy (non-hydrogen) atoms. The van der Waals surface area contributed by atoms with Gasteiger partial charge in [0, 0.05) is 11.3 Å². The van der Waals surface area contributed by atoms with Gasteiger partial charge >= 0.3 is 0 Å². The predicted molar refractivity (Wildman–Crippen MR) is 64.3 cm³/mol. The van der Waals surface area contributed by atoms with E-state index < -0.39 is 6.04 Å². The average Bonchev–Trinajstić information content (AvgIpc) is 2.38. The topological polar surface area (TPSA) is 52.4 Å². The minimum absolute atomic E-state index is 0.186. The van der Waals surface area contributed by atoms with Crippen LogP contribution in [0, 0.1) is 10.1 Å². The van der Waals surface area contributed by atoms with Crippen molar-refractivity contribution in [1.29, 1.82) is 0 Å². The Kier molecular flexibility index (Phi) is 4.09. The summed E-state index contributed by atoms with van der Waals surface area (Å²) in [7, 11) is 0.